The number of H-pyrrole nitrogens is 1. The number of aromatic nitrogens is 2. The van der Waals surface area contributed by atoms with Crippen molar-refractivity contribution in [1.82, 2.24) is 9.97 Å². The maximum absolute atomic E-state index is 6.55. The molecule has 2 aromatic rings. The zero-order valence-electron chi connectivity index (χ0n) is 14.9. The number of allylic oxidation sites excluding steroid dienone is 1. The second-order valence-corrected chi connectivity index (χ2v) is 7.04. The summed E-state index contributed by atoms with van der Waals surface area (Å²) in [6.45, 7) is 10.7. The summed E-state index contributed by atoms with van der Waals surface area (Å²) in [5.41, 5.74) is 4.80. The number of hydrogen-bond acceptors (Lipinski definition) is 2. The lowest BCUT2D eigenvalue weighted by molar-refractivity contribution is -0.166. The van der Waals surface area contributed by atoms with Crippen LogP contribution in [-0.4, -0.2) is 15.6 Å². The van der Waals surface area contributed by atoms with Crippen molar-refractivity contribution in [3.05, 3.63) is 41.7 Å². The molecule has 1 saturated heterocycles. The van der Waals surface area contributed by atoms with E-state index in [1.54, 1.807) is 6.33 Å². The number of imidazole rings is 1. The fraction of sp³-hybridized carbons (Fsp3) is 0.550. The molecule has 1 aliphatic heterocycles. The molecule has 0 saturated carbocycles. The molecule has 3 unspecified atom stereocenters. The lowest BCUT2D eigenvalue weighted by Crippen LogP contribution is -2.45. The van der Waals surface area contributed by atoms with Gasteiger partial charge in [0, 0.05) is 5.92 Å². The third-order valence-electron chi connectivity index (χ3n) is 5.40. The van der Waals surface area contributed by atoms with Gasteiger partial charge < -0.3 is 9.72 Å². The first-order chi connectivity index (χ1) is 11.0. The third kappa shape index (κ3) is 2.83. The van der Waals surface area contributed by atoms with E-state index in [1.807, 2.05) is 13.8 Å². The monoisotopic (exact) mass is 312 g/mol. The highest BCUT2D eigenvalue weighted by molar-refractivity contribution is 5.75. The van der Waals surface area contributed by atoms with E-state index < -0.39 is 0 Å². The van der Waals surface area contributed by atoms with Gasteiger partial charge in [0.1, 0.15) is 0 Å². The maximum Gasteiger partial charge on any atom is 0.0931 e. The first-order valence-corrected chi connectivity index (χ1v) is 8.82. The van der Waals surface area contributed by atoms with Gasteiger partial charge in [-0.3, -0.25) is 0 Å². The van der Waals surface area contributed by atoms with E-state index in [0.717, 1.165) is 17.5 Å². The minimum atomic E-state index is -0.0543. The van der Waals surface area contributed by atoms with Crippen LogP contribution in [0.4, 0.5) is 0 Å². The summed E-state index contributed by atoms with van der Waals surface area (Å²) in [5, 5.41) is 0. The van der Waals surface area contributed by atoms with Crippen LogP contribution in [0.2, 0.25) is 0 Å². The Labute approximate surface area is 139 Å². The predicted octanol–water partition coefficient (Wildman–Crippen LogP) is 5.41. The van der Waals surface area contributed by atoms with Gasteiger partial charge in [0.15, 0.2) is 0 Å². The predicted molar refractivity (Wildman–Crippen MR) is 95.3 cm³/mol. The highest BCUT2D eigenvalue weighted by Gasteiger charge is 2.45. The molecule has 0 spiro atoms. The molecular formula is C20H28N2O. The Morgan fingerprint density at radius 3 is 2.83 bits per heavy atom. The molecule has 0 radical (unpaired) electrons. The molecule has 3 nitrogen and oxygen atoms in total. The zero-order valence-corrected chi connectivity index (χ0v) is 14.9. The van der Waals surface area contributed by atoms with Crippen LogP contribution in [0.15, 0.2) is 36.2 Å². The Hall–Kier alpha value is -1.61. The van der Waals surface area contributed by atoms with Gasteiger partial charge in [-0.05, 0) is 57.2 Å². The van der Waals surface area contributed by atoms with Crippen LogP contribution in [0.5, 0.6) is 0 Å². The second kappa shape index (κ2) is 6.12. The fourth-order valence-corrected chi connectivity index (χ4v) is 3.93. The molecule has 124 valence electrons. The quantitative estimate of drug-likeness (QED) is 0.715. The summed E-state index contributed by atoms with van der Waals surface area (Å²) in [4.78, 5) is 7.51. The summed E-state index contributed by atoms with van der Waals surface area (Å²) in [6, 6.07) is 6.46. The average molecular weight is 312 g/mol. The maximum atomic E-state index is 6.55. The van der Waals surface area contributed by atoms with Crippen molar-refractivity contribution in [1.29, 1.82) is 0 Å². The van der Waals surface area contributed by atoms with Gasteiger partial charge >= 0.3 is 0 Å². The number of rotatable bonds is 1. The van der Waals surface area contributed by atoms with E-state index in [9.17, 15) is 0 Å². The van der Waals surface area contributed by atoms with Crippen LogP contribution in [0.1, 0.15) is 59.1 Å². The third-order valence-corrected chi connectivity index (χ3v) is 5.40. The normalized spacial score (nSPS) is 28.7. The molecule has 0 amide bonds. The van der Waals surface area contributed by atoms with Gasteiger partial charge in [-0.2, -0.15) is 0 Å². The number of aromatic amines is 1. The lowest BCUT2D eigenvalue weighted by atomic mass is 9.69. The summed E-state index contributed by atoms with van der Waals surface area (Å²) >= 11 is 0. The SMILES string of the molecule is CC.CC1=CCC2CC1C(c1ccc3nc[nH]c3c1)OC2(C)C. The molecular weight excluding hydrogens is 284 g/mol. The molecule has 2 bridgehead atoms. The van der Waals surface area contributed by atoms with Gasteiger partial charge in [0.25, 0.3) is 0 Å². The van der Waals surface area contributed by atoms with E-state index in [-0.39, 0.29) is 11.7 Å². The zero-order chi connectivity index (χ0) is 16.6. The van der Waals surface area contributed by atoms with Crippen LogP contribution >= 0.6 is 0 Å². The Morgan fingerprint density at radius 1 is 1.26 bits per heavy atom. The van der Waals surface area contributed by atoms with E-state index in [2.05, 4.69) is 55.0 Å². The van der Waals surface area contributed by atoms with Crippen LogP contribution in [0.25, 0.3) is 11.0 Å². The lowest BCUT2D eigenvalue weighted by Gasteiger charge is -2.49. The van der Waals surface area contributed by atoms with Crippen molar-refractivity contribution in [2.75, 3.05) is 0 Å². The minimum absolute atomic E-state index is 0.0543. The highest BCUT2D eigenvalue weighted by atomic mass is 16.5. The largest absolute Gasteiger partial charge is 0.367 e. The Balaban J connectivity index is 0.000000753. The Bertz CT molecular complexity index is 713. The average Bonchev–Trinajstić information content (AvgIpc) is 3.02. The second-order valence-electron chi connectivity index (χ2n) is 7.04. The van der Waals surface area contributed by atoms with Crippen LogP contribution in [0.3, 0.4) is 0 Å². The number of benzene rings is 1. The van der Waals surface area contributed by atoms with Crippen molar-refractivity contribution in [2.45, 2.75) is 59.2 Å². The van der Waals surface area contributed by atoms with Gasteiger partial charge in [-0.25, -0.2) is 4.98 Å². The van der Waals surface area contributed by atoms with Crippen molar-refractivity contribution in [3.63, 3.8) is 0 Å². The van der Waals surface area contributed by atoms with E-state index >= 15 is 0 Å². The minimum Gasteiger partial charge on any atom is -0.367 e. The molecule has 1 fully saturated rings. The van der Waals surface area contributed by atoms with Crippen LogP contribution < -0.4 is 0 Å². The van der Waals surface area contributed by atoms with Crippen LogP contribution in [0, 0.1) is 11.8 Å². The number of ether oxygens (including phenoxy) is 1. The summed E-state index contributed by atoms with van der Waals surface area (Å²) in [5.74, 6) is 1.15. The topological polar surface area (TPSA) is 37.9 Å². The summed E-state index contributed by atoms with van der Waals surface area (Å²) < 4.78 is 6.55. The molecule has 1 aromatic heterocycles. The Kier molecular flexibility index (Phi) is 4.33. The van der Waals surface area contributed by atoms with Gasteiger partial charge in [0.05, 0.1) is 29.1 Å². The van der Waals surface area contributed by atoms with E-state index in [4.69, 9.17) is 4.74 Å². The molecule has 1 aliphatic carbocycles. The van der Waals surface area contributed by atoms with E-state index in [0.29, 0.717) is 11.8 Å². The summed E-state index contributed by atoms with van der Waals surface area (Å²) in [7, 11) is 0. The van der Waals surface area contributed by atoms with Crippen LogP contribution in [-0.2, 0) is 4.74 Å². The molecule has 3 atom stereocenters. The molecule has 3 heteroatoms. The Morgan fingerprint density at radius 2 is 2.04 bits per heavy atom. The molecule has 2 aliphatic rings. The number of fused-ring (bicyclic) bond motifs is 3. The number of nitrogens with one attached hydrogen (secondary N) is 1. The molecule has 2 heterocycles. The highest BCUT2D eigenvalue weighted by Crippen LogP contribution is 2.51. The standard InChI is InChI=1S/C18H22N2O.C2H6/c1-11-4-6-13-9-14(11)17(21-18(13,2)3)12-5-7-15-16(8-12)20-10-19-15;1-2/h4-5,7-8,10,13-14,17H,6,9H2,1-3H3,(H,19,20);1-2H3. The van der Waals surface area contributed by atoms with E-state index in [1.165, 1.54) is 17.6 Å². The van der Waals surface area contributed by atoms with Crippen molar-refractivity contribution >= 4 is 11.0 Å². The first-order valence-electron chi connectivity index (χ1n) is 8.82. The van der Waals surface area contributed by atoms with Gasteiger partial charge in [-0.1, -0.05) is 31.6 Å². The van der Waals surface area contributed by atoms with Gasteiger partial charge in [-0.15, -0.1) is 0 Å². The smallest absolute Gasteiger partial charge is 0.0931 e. The molecule has 23 heavy (non-hydrogen) atoms. The van der Waals surface area contributed by atoms with Crippen molar-refractivity contribution < 1.29 is 4.74 Å². The van der Waals surface area contributed by atoms with Gasteiger partial charge in [0.2, 0.25) is 0 Å². The number of hydrogen-bond donors (Lipinski definition) is 1. The van der Waals surface area contributed by atoms with Crippen molar-refractivity contribution in [2.24, 2.45) is 11.8 Å². The summed E-state index contributed by atoms with van der Waals surface area (Å²) in [6.07, 6.45) is 6.72. The number of nitrogens with zero attached hydrogens (tertiary/aromatic N) is 1. The molecule has 4 rings (SSSR count). The molecule has 1 N–H and O–H groups in total. The molecule has 1 aromatic carbocycles. The fourth-order valence-electron chi connectivity index (χ4n) is 3.93. The van der Waals surface area contributed by atoms with Crippen molar-refractivity contribution in [3.8, 4) is 0 Å². The first kappa shape index (κ1) is 16.3.